The fourth-order valence-electron chi connectivity index (χ4n) is 3.30. The van der Waals surface area contributed by atoms with Crippen LogP contribution in [0.2, 0.25) is 0 Å². The molecule has 1 fully saturated rings. The Hall–Kier alpha value is -3.26. The largest absolute Gasteiger partial charge is 0.365 e. The van der Waals surface area contributed by atoms with Gasteiger partial charge in [0.25, 0.3) is 5.91 Å². The van der Waals surface area contributed by atoms with E-state index in [0.29, 0.717) is 17.5 Å². The van der Waals surface area contributed by atoms with Gasteiger partial charge in [0.1, 0.15) is 11.4 Å². The maximum absolute atomic E-state index is 11.8. The van der Waals surface area contributed by atoms with Crippen molar-refractivity contribution in [1.29, 1.82) is 0 Å². The number of fused-ring (bicyclic) bond motifs is 1. The van der Waals surface area contributed by atoms with Crippen molar-refractivity contribution in [2.24, 2.45) is 11.5 Å². The summed E-state index contributed by atoms with van der Waals surface area (Å²) in [5.74, 6) is 0.135. The number of benzene rings is 1. The molecule has 8 nitrogen and oxygen atoms in total. The molecule has 1 saturated carbocycles. The molecule has 1 aliphatic carbocycles. The molecule has 1 unspecified atom stereocenters. The summed E-state index contributed by atoms with van der Waals surface area (Å²) in [7, 11) is 0. The summed E-state index contributed by atoms with van der Waals surface area (Å²) in [6.07, 6.45) is 5.93. The van der Waals surface area contributed by atoms with Gasteiger partial charge in [-0.1, -0.05) is 25.1 Å². The van der Waals surface area contributed by atoms with E-state index >= 15 is 0 Å². The standard InChI is InChI=1S/C20H23N7O/c1-2-16(20(22)7-8-20)26-19-24-11-14(17(21)28)18(27-19)25-13-9-12-5-3-4-6-15(12)23-10-13/h3-6,9-11,16H,2,7-8,22H2,1H3,(H2,21,28)(H2,24,25,26,27). The minimum absolute atomic E-state index is 0.0714. The lowest BCUT2D eigenvalue weighted by Gasteiger charge is -2.23. The maximum atomic E-state index is 11.8. The molecule has 0 bridgehead atoms. The van der Waals surface area contributed by atoms with Gasteiger partial charge < -0.3 is 22.1 Å². The fourth-order valence-corrected chi connectivity index (χ4v) is 3.30. The molecule has 2 aromatic heterocycles. The number of pyridine rings is 1. The molecule has 3 aromatic rings. The van der Waals surface area contributed by atoms with E-state index in [1.807, 2.05) is 30.3 Å². The average Bonchev–Trinajstić information content (AvgIpc) is 3.44. The average molecular weight is 377 g/mol. The Labute approximate surface area is 162 Å². The lowest BCUT2D eigenvalue weighted by molar-refractivity contribution is 0.100. The van der Waals surface area contributed by atoms with Gasteiger partial charge in [-0.25, -0.2) is 4.98 Å². The first-order valence-electron chi connectivity index (χ1n) is 9.32. The van der Waals surface area contributed by atoms with E-state index in [0.717, 1.165) is 30.2 Å². The number of nitrogens with one attached hydrogen (secondary N) is 2. The molecule has 1 amide bonds. The summed E-state index contributed by atoms with van der Waals surface area (Å²) in [6, 6.07) is 9.80. The predicted octanol–water partition coefficient (Wildman–Crippen LogP) is 2.55. The lowest BCUT2D eigenvalue weighted by Crippen LogP contribution is -2.42. The molecule has 28 heavy (non-hydrogen) atoms. The highest BCUT2D eigenvalue weighted by atomic mass is 16.1. The number of hydrogen-bond acceptors (Lipinski definition) is 7. The topological polar surface area (TPSA) is 132 Å². The van der Waals surface area contributed by atoms with Crippen LogP contribution in [0.1, 0.15) is 36.5 Å². The summed E-state index contributed by atoms with van der Waals surface area (Å²) in [5.41, 5.74) is 13.4. The quantitative estimate of drug-likeness (QED) is 0.497. The van der Waals surface area contributed by atoms with Crippen LogP contribution in [0, 0.1) is 0 Å². The molecule has 6 N–H and O–H groups in total. The summed E-state index contributed by atoms with van der Waals surface area (Å²) < 4.78 is 0. The highest BCUT2D eigenvalue weighted by Gasteiger charge is 2.45. The Bertz CT molecular complexity index is 1030. The van der Waals surface area contributed by atoms with Gasteiger partial charge in [0.2, 0.25) is 5.95 Å². The number of nitrogens with zero attached hydrogens (tertiary/aromatic N) is 3. The summed E-state index contributed by atoms with van der Waals surface area (Å²) in [6.45, 7) is 2.07. The van der Waals surface area contributed by atoms with Gasteiger partial charge in [0.05, 0.1) is 17.4 Å². The molecule has 0 radical (unpaired) electrons. The first-order chi connectivity index (χ1) is 13.5. The zero-order valence-corrected chi connectivity index (χ0v) is 15.6. The number of para-hydroxylation sites is 1. The number of carbonyl (C=O) groups is 1. The second kappa shape index (κ2) is 7.05. The normalized spacial score (nSPS) is 15.8. The summed E-state index contributed by atoms with van der Waals surface area (Å²) in [4.78, 5) is 25.0. The predicted molar refractivity (Wildman–Crippen MR) is 109 cm³/mol. The third-order valence-corrected chi connectivity index (χ3v) is 5.14. The second-order valence-corrected chi connectivity index (χ2v) is 7.20. The number of primary amides is 1. The number of anilines is 3. The molecule has 1 aliphatic rings. The van der Waals surface area contributed by atoms with Crippen molar-refractivity contribution in [1.82, 2.24) is 15.0 Å². The molecule has 1 aromatic carbocycles. The van der Waals surface area contributed by atoms with E-state index in [4.69, 9.17) is 11.5 Å². The maximum Gasteiger partial charge on any atom is 0.254 e. The third kappa shape index (κ3) is 3.59. The monoisotopic (exact) mass is 377 g/mol. The van der Waals surface area contributed by atoms with E-state index in [9.17, 15) is 4.79 Å². The molecule has 0 aliphatic heterocycles. The Kier molecular flexibility index (Phi) is 4.56. The SMILES string of the molecule is CCC(Nc1ncc(C(N)=O)c(Nc2cnc3ccccc3c2)n1)C1(N)CC1. The zero-order valence-electron chi connectivity index (χ0n) is 15.6. The van der Waals surface area contributed by atoms with E-state index < -0.39 is 5.91 Å². The Morgan fingerprint density at radius 1 is 1.25 bits per heavy atom. The molecular formula is C20H23N7O. The number of nitrogens with two attached hydrogens (primary N) is 2. The van der Waals surface area contributed by atoms with E-state index in [-0.39, 0.29) is 17.1 Å². The minimum Gasteiger partial charge on any atom is -0.365 e. The molecule has 1 atom stereocenters. The molecule has 8 heteroatoms. The number of aromatic nitrogens is 3. The van der Waals surface area contributed by atoms with Crippen molar-refractivity contribution in [3.63, 3.8) is 0 Å². The van der Waals surface area contributed by atoms with Gasteiger partial charge >= 0.3 is 0 Å². The van der Waals surface area contributed by atoms with Crippen molar-refractivity contribution in [3.8, 4) is 0 Å². The number of rotatable bonds is 7. The fraction of sp³-hybridized carbons (Fsp3) is 0.300. The first kappa shape index (κ1) is 18.1. The van der Waals surface area contributed by atoms with Crippen LogP contribution in [0.5, 0.6) is 0 Å². The lowest BCUT2D eigenvalue weighted by atomic mass is 10.1. The van der Waals surface area contributed by atoms with Crippen molar-refractivity contribution >= 4 is 34.3 Å². The van der Waals surface area contributed by atoms with Crippen LogP contribution in [-0.2, 0) is 0 Å². The van der Waals surface area contributed by atoms with Crippen LogP contribution in [-0.4, -0.2) is 32.4 Å². The van der Waals surface area contributed by atoms with E-state index in [1.165, 1.54) is 6.20 Å². The number of carbonyl (C=O) groups excluding carboxylic acids is 1. The molecular weight excluding hydrogens is 354 g/mol. The van der Waals surface area contributed by atoms with Gasteiger partial charge in [0.15, 0.2) is 0 Å². The van der Waals surface area contributed by atoms with Crippen molar-refractivity contribution in [2.45, 2.75) is 37.8 Å². The van der Waals surface area contributed by atoms with Crippen LogP contribution in [0.15, 0.2) is 42.7 Å². The number of hydrogen-bond donors (Lipinski definition) is 4. The summed E-state index contributed by atoms with van der Waals surface area (Å²) >= 11 is 0. The van der Waals surface area contributed by atoms with Crippen molar-refractivity contribution in [2.75, 3.05) is 10.6 Å². The Balaban J connectivity index is 1.64. The Morgan fingerprint density at radius 3 is 2.75 bits per heavy atom. The van der Waals surface area contributed by atoms with Crippen LogP contribution in [0.3, 0.4) is 0 Å². The van der Waals surface area contributed by atoms with Crippen molar-refractivity contribution < 1.29 is 4.79 Å². The molecule has 4 rings (SSSR count). The first-order valence-corrected chi connectivity index (χ1v) is 9.32. The van der Waals surface area contributed by atoms with Crippen LogP contribution in [0.25, 0.3) is 10.9 Å². The van der Waals surface area contributed by atoms with Gasteiger partial charge in [0, 0.05) is 23.2 Å². The smallest absolute Gasteiger partial charge is 0.254 e. The van der Waals surface area contributed by atoms with Gasteiger partial charge in [-0.05, 0) is 31.4 Å². The van der Waals surface area contributed by atoms with Gasteiger partial charge in [-0.2, -0.15) is 4.98 Å². The second-order valence-electron chi connectivity index (χ2n) is 7.20. The Morgan fingerprint density at radius 2 is 2.04 bits per heavy atom. The van der Waals surface area contributed by atoms with Crippen molar-refractivity contribution in [3.05, 3.63) is 48.3 Å². The number of amides is 1. The highest BCUT2D eigenvalue weighted by Crippen LogP contribution is 2.38. The zero-order chi connectivity index (χ0) is 19.7. The van der Waals surface area contributed by atoms with Gasteiger partial charge in [-0.3, -0.25) is 9.78 Å². The van der Waals surface area contributed by atoms with Crippen LogP contribution < -0.4 is 22.1 Å². The van der Waals surface area contributed by atoms with E-state index in [2.05, 4.69) is 32.5 Å². The van der Waals surface area contributed by atoms with Gasteiger partial charge in [-0.15, -0.1) is 0 Å². The highest BCUT2D eigenvalue weighted by molar-refractivity contribution is 5.98. The molecule has 144 valence electrons. The van der Waals surface area contributed by atoms with E-state index in [1.54, 1.807) is 6.20 Å². The van der Waals surface area contributed by atoms with Crippen LogP contribution in [0.4, 0.5) is 17.5 Å². The molecule has 0 spiro atoms. The van der Waals surface area contributed by atoms with Crippen LogP contribution >= 0.6 is 0 Å². The minimum atomic E-state index is -0.604. The molecule has 0 saturated heterocycles. The molecule has 2 heterocycles. The third-order valence-electron chi connectivity index (χ3n) is 5.14. The summed E-state index contributed by atoms with van der Waals surface area (Å²) in [5, 5.41) is 7.42.